The molecule has 0 spiro atoms. The summed E-state index contributed by atoms with van der Waals surface area (Å²) in [6, 6.07) is 8.46. The Morgan fingerprint density at radius 3 is 2.48 bits per heavy atom. The van der Waals surface area contributed by atoms with E-state index in [4.69, 9.17) is 4.74 Å². The molecule has 1 aromatic carbocycles. The van der Waals surface area contributed by atoms with E-state index in [1.807, 2.05) is 5.38 Å². The van der Waals surface area contributed by atoms with E-state index >= 15 is 0 Å². The van der Waals surface area contributed by atoms with E-state index in [2.05, 4.69) is 50.0 Å². The Balaban J connectivity index is 2.12. The first-order valence-corrected chi connectivity index (χ1v) is 7.99. The molecule has 1 heterocycles. The highest BCUT2D eigenvalue weighted by atomic mass is 32.1. The van der Waals surface area contributed by atoms with Crippen molar-refractivity contribution in [3.8, 4) is 10.6 Å². The van der Waals surface area contributed by atoms with Crippen LogP contribution in [-0.4, -0.2) is 17.6 Å². The third kappa shape index (κ3) is 4.14. The second-order valence-electron chi connectivity index (χ2n) is 5.95. The lowest BCUT2D eigenvalue weighted by atomic mass is 9.87. The Kier molecular flexibility index (Phi) is 4.78. The maximum atomic E-state index is 11.5. The summed E-state index contributed by atoms with van der Waals surface area (Å²) >= 11 is 1.56. The highest BCUT2D eigenvalue weighted by Crippen LogP contribution is 2.28. The zero-order valence-corrected chi connectivity index (χ0v) is 13.8. The van der Waals surface area contributed by atoms with Crippen molar-refractivity contribution in [2.24, 2.45) is 0 Å². The Hall–Kier alpha value is -1.68. The van der Waals surface area contributed by atoms with E-state index in [0.29, 0.717) is 6.61 Å². The summed E-state index contributed by atoms with van der Waals surface area (Å²) in [6.45, 7) is 8.81. The second kappa shape index (κ2) is 6.39. The van der Waals surface area contributed by atoms with Crippen molar-refractivity contribution in [1.82, 2.24) is 4.98 Å². The summed E-state index contributed by atoms with van der Waals surface area (Å²) in [4.78, 5) is 16.0. The Bertz CT molecular complexity index is 608. The maximum absolute atomic E-state index is 11.5. The first-order chi connectivity index (χ1) is 9.90. The van der Waals surface area contributed by atoms with Crippen LogP contribution >= 0.6 is 11.3 Å². The van der Waals surface area contributed by atoms with E-state index in [9.17, 15) is 4.79 Å². The molecule has 21 heavy (non-hydrogen) atoms. The predicted octanol–water partition coefficient (Wildman–Crippen LogP) is 4.21. The van der Waals surface area contributed by atoms with E-state index in [1.54, 1.807) is 18.3 Å². The number of ether oxygens (including phenoxy) is 1. The molecule has 0 fully saturated rings. The molecular weight excluding hydrogens is 282 g/mol. The molecular formula is C17H21NO2S. The van der Waals surface area contributed by atoms with Gasteiger partial charge in [-0.25, -0.2) is 4.98 Å². The van der Waals surface area contributed by atoms with Gasteiger partial charge in [-0.1, -0.05) is 45.0 Å². The van der Waals surface area contributed by atoms with Crippen molar-refractivity contribution in [2.75, 3.05) is 6.61 Å². The van der Waals surface area contributed by atoms with Crippen LogP contribution in [0.3, 0.4) is 0 Å². The molecule has 0 saturated carbocycles. The monoisotopic (exact) mass is 303 g/mol. The summed E-state index contributed by atoms with van der Waals surface area (Å²) in [5, 5.41) is 2.86. The third-order valence-corrected chi connectivity index (χ3v) is 4.12. The molecule has 0 aliphatic carbocycles. The van der Waals surface area contributed by atoms with Gasteiger partial charge in [0.2, 0.25) is 0 Å². The number of benzene rings is 1. The van der Waals surface area contributed by atoms with Crippen LogP contribution in [0.4, 0.5) is 0 Å². The lowest BCUT2D eigenvalue weighted by Crippen LogP contribution is -2.10. The minimum Gasteiger partial charge on any atom is -0.466 e. The van der Waals surface area contributed by atoms with Gasteiger partial charge < -0.3 is 4.74 Å². The minimum absolute atomic E-state index is 0.149. The first-order valence-electron chi connectivity index (χ1n) is 7.11. The number of thiazole rings is 1. The zero-order chi connectivity index (χ0) is 15.5. The molecule has 0 aliphatic heterocycles. The Labute approximate surface area is 130 Å². The molecule has 4 heteroatoms. The molecule has 2 aromatic rings. The third-order valence-electron chi connectivity index (χ3n) is 3.18. The fourth-order valence-electron chi connectivity index (χ4n) is 1.99. The number of nitrogens with zero attached hydrogens (tertiary/aromatic N) is 1. The van der Waals surface area contributed by atoms with Crippen LogP contribution in [-0.2, 0) is 21.4 Å². The predicted molar refractivity (Wildman–Crippen MR) is 86.6 cm³/mol. The van der Waals surface area contributed by atoms with Gasteiger partial charge in [-0.15, -0.1) is 11.3 Å². The van der Waals surface area contributed by atoms with E-state index < -0.39 is 0 Å². The molecule has 0 unspecified atom stereocenters. The lowest BCUT2D eigenvalue weighted by Gasteiger charge is -2.18. The number of esters is 1. The normalized spacial score (nSPS) is 11.4. The standard InChI is InChI=1S/C17H21NO2S/c1-5-20-15(19)10-14-11-21-16(18-14)12-6-8-13(9-7-12)17(2,3)4/h6-9,11H,5,10H2,1-4H3. The first kappa shape index (κ1) is 15.7. The fourth-order valence-corrected chi connectivity index (χ4v) is 2.82. The summed E-state index contributed by atoms with van der Waals surface area (Å²) in [5.74, 6) is -0.225. The molecule has 0 aliphatic rings. The van der Waals surface area contributed by atoms with Crippen LogP contribution in [0, 0.1) is 0 Å². The number of hydrogen-bond donors (Lipinski definition) is 0. The maximum Gasteiger partial charge on any atom is 0.311 e. The van der Waals surface area contributed by atoms with Gasteiger partial charge in [-0.3, -0.25) is 4.79 Å². The molecule has 0 amide bonds. The highest BCUT2D eigenvalue weighted by Gasteiger charge is 2.14. The van der Waals surface area contributed by atoms with Gasteiger partial charge >= 0.3 is 5.97 Å². The van der Waals surface area contributed by atoms with Gasteiger partial charge in [0.15, 0.2) is 0 Å². The smallest absolute Gasteiger partial charge is 0.311 e. The van der Waals surface area contributed by atoms with Crippen molar-refractivity contribution >= 4 is 17.3 Å². The van der Waals surface area contributed by atoms with Crippen LogP contribution in [0.1, 0.15) is 39.0 Å². The number of aromatic nitrogens is 1. The topological polar surface area (TPSA) is 39.2 Å². The van der Waals surface area contributed by atoms with Crippen molar-refractivity contribution in [3.05, 3.63) is 40.9 Å². The lowest BCUT2D eigenvalue weighted by molar-refractivity contribution is -0.142. The summed E-state index contributed by atoms with van der Waals surface area (Å²) in [7, 11) is 0. The van der Waals surface area contributed by atoms with Gasteiger partial charge in [0.05, 0.1) is 18.7 Å². The molecule has 0 atom stereocenters. The molecule has 0 radical (unpaired) electrons. The zero-order valence-electron chi connectivity index (χ0n) is 13.0. The molecule has 3 nitrogen and oxygen atoms in total. The van der Waals surface area contributed by atoms with E-state index in [-0.39, 0.29) is 17.8 Å². The van der Waals surface area contributed by atoms with Gasteiger partial charge in [0.25, 0.3) is 0 Å². The minimum atomic E-state index is -0.225. The molecule has 0 saturated heterocycles. The molecule has 2 rings (SSSR count). The average molecular weight is 303 g/mol. The van der Waals surface area contributed by atoms with Gasteiger partial charge in [-0.2, -0.15) is 0 Å². The van der Waals surface area contributed by atoms with Gasteiger partial charge in [0.1, 0.15) is 5.01 Å². The van der Waals surface area contributed by atoms with Crippen molar-refractivity contribution in [3.63, 3.8) is 0 Å². The number of hydrogen-bond acceptors (Lipinski definition) is 4. The molecule has 0 N–H and O–H groups in total. The highest BCUT2D eigenvalue weighted by molar-refractivity contribution is 7.13. The van der Waals surface area contributed by atoms with Crippen LogP contribution < -0.4 is 0 Å². The average Bonchev–Trinajstić information content (AvgIpc) is 2.86. The summed E-state index contributed by atoms with van der Waals surface area (Å²) in [6.07, 6.45) is 0.240. The molecule has 112 valence electrons. The van der Waals surface area contributed by atoms with Crippen molar-refractivity contribution in [2.45, 2.75) is 39.5 Å². The summed E-state index contributed by atoms with van der Waals surface area (Å²) in [5.41, 5.74) is 3.31. The number of rotatable bonds is 4. The molecule has 0 bridgehead atoms. The second-order valence-corrected chi connectivity index (χ2v) is 6.81. The Morgan fingerprint density at radius 2 is 1.90 bits per heavy atom. The Morgan fingerprint density at radius 1 is 1.24 bits per heavy atom. The van der Waals surface area contributed by atoms with E-state index in [1.165, 1.54) is 5.56 Å². The number of carbonyl (C=O) groups is 1. The largest absolute Gasteiger partial charge is 0.466 e. The van der Waals surface area contributed by atoms with Gasteiger partial charge in [-0.05, 0) is 17.9 Å². The molecule has 1 aromatic heterocycles. The van der Waals surface area contributed by atoms with Crippen LogP contribution in [0.5, 0.6) is 0 Å². The van der Waals surface area contributed by atoms with Crippen LogP contribution in [0.25, 0.3) is 10.6 Å². The quantitative estimate of drug-likeness (QED) is 0.794. The van der Waals surface area contributed by atoms with Crippen molar-refractivity contribution < 1.29 is 9.53 Å². The SMILES string of the molecule is CCOC(=O)Cc1csc(-c2ccc(C(C)(C)C)cc2)n1. The van der Waals surface area contributed by atoms with Crippen LogP contribution in [0.15, 0.2) is 29.6 Å². The summed E-state index contributed by atoms with van der Waals surface area (Å²) < 4.78 is 4.94. The van der Waals surface area contributed by atoms with Crippen LogP contribution in [0.2, 0.25) is 0 Å². The van der Waals surface area contributed by atoms with Gasteiger partial charge in [0, 0.05) is 10.9 Å². The van der Waals surface area contributed by atoms with Crippen molar-refractivity contribution in [1.29, 1.82) is 0 Å². The number of carbonyl (C=O) groups excluding carboxylic acids is 1. The van der Waals surface area contributed by atoms with E-state index in [0.717, 1.165) is 16.3 Å². The fraction of sp³-hybridized carbons (Fsp3) is 0.412.